The smallest absolute Gasteiger partial charge is 0.301 e. The van der Waals surface area contributed by atoms with E-state index in [1.165, 1.54) is 16.2 Å². The van der Waals surface area contributed by atoms with Crippen molar-refractivity contribution in [2.75, 3.05) is 4.90 Å². The number of aryl methyl sites for hydroxylation is 2. The maximum absolute atomic E-state index is 13.5. The molecule has 1 amide bonds. The number of aliphatic hydroxyl groups is 1. The van der Waals surface area contributed by atoms with Gasteiger partial charge in [0, 0.05) is 12.0 Å². The Morgan fingerprint density at radius 2 is 1.78 bits per heavy atom. The molecule has 1 aromatic heterocycles. The number of fused-ring (bicyclic) bond motifs is 2. The first-order valence-electron chi connectivity index (χ1n) is 11.8. The topological polar surface area (TPSA) is 79.7 Å². The number of amides is 1. The monoisotopic (exact) mass is 496 g/mol. The average Bonchev–Trinajstić information content (AvgIpc) is 3.51. The molecule has 7 heteroatoms. The Labute approximate surface area is 212 Å². The highest BCUT2D eigenvalue weighted by Gasteiger charge is 2.48. The molecule has 0 saturated carbocycles. The maximum Gasteiger partial charge on any atom is 0.301 e. The van der Waals surface area contributed by atoms with E-state index in [-0.39, 0.29) is 17.4 Å². The third kappa shape index (κ3) is 3.58. The van der Waals surface area contributed by atoms with E-state index in [4.69, 9.17) is 4.74 Å². The number of rotatable bonds is 3. The van der Waals surface area contributed by atoms with Crippen molar-refractivity contribution in [3.05, 3.63) is 94.1 Å². The number of Topliss-reactive ketones (excluding diaryl/α,β-unsaturated/α-hetero) is 1. The van der Waals surface area contributed by atoms with Crippen LogP contribution >= 0.6 is 11.3 Å². The predicted octanol–water partition coefficient (Wildman–Crippen LogP) is 5.86. The van der Waals surface area contributed by atoms with Crippen LogP contribution in [0.5, 0.6) is 5.75 Å². The Balaban J connectivity index is 1.53. The van der Waals surface area contributed by atoms with Crippen LogP contribution in [-0.4, -0.2) is 27.9 Å². The number of anilines is 1. The van der Waals surface area contributed by atoms with Crippen molar-refractivity contribution in [1.82, 2.24) is 4.98 Å². The summed E-state index contributed by atoms with van der Waals surface area (Å²) in [5, 5.41) is 11.9. The van der Waals surface area contributed by atoms with E-state index in [9.17, 15) is 14.7 Å². The quantitative estimate of drug-likeness (QED) is 0.218. The van der Waals surface area contributed by atoms with Crippen LogP contribution in [0.25, 0.3) is 16.0 Å². The van der Waals surface area contributed by atoms with E-state index in [1.54, 1.807) is 12.1 Å². The van der Waals surface area contributed by atoms with Crippen LogP contribution in [0.4, 0.5) is 5.13 Å². The van der Waals surface area contributed by atoms with E-state index in [2.05, 4.69) is 4.98 Å². The Morgan fingerprint density at radius 3 is 2.56 bits per heavy atom. The number of hydrogen-bond acceptors (Lipinski definition) is 6. The van der Waals surface area contributed by atoms with Crippen LogP contribution in [0.3, 0.4) is 0 Å². The van der Waals surface area contributed by atoms with Crippen molar-refractivity contribution in [2.24, 2.45) is 0 Å². The zero-order valence-corrected chi connectivity index (χ0v) is 20.9. The molecule has 2 aliphatic rings. The van der Waals surface area contributed by atoms with Crippen molar-refractivity contribution in [3.63, 3.8) is 0 Å². The first-order valence-corrected chi connectivity index (χ1v) is 12.7. The second kappa shape index (κ2) is 8.31. The summed E-state index contributed by atoms with van der Waals surface area (Å²) in [4.78, 5) is 33.0. The maximum atomic E-state index is 13.5. The summed E-state index contributed by atoms with van der Waals surface area (Å²) in [7, 11) is 0. The molecule has 0 bridgehead atoms. The SMILES string of the molecule is Cc1ccc([C@H]2C(=C(O)c3ccc4c(c3)C[C@H](C)O4)C(=O)C(=O)N2c2nc3ccc(C)cc3s2)cc1. The Kier molecular flexibility index (Phi) is 5.19. The van der Waals surface area contributed by atoms with Gasteiger partial charge in [0.1, 0.15) is 17.6 Å². The minimum Gasteiger partial charge on any atom is -0.507 e. The number of ether oxygens (including phenoxy) is 1. The summed E-state index contributed by atoms with van der Waals surface area (Å²) >= 11 is 1.36. The van der Waals surface area contributed by atoms with E-state index in [0.29, 0.717) is 10.7 Å². The van der Waals surface area contributed by atoms with Crippen LogP contribution in [0, 0.1) is 13.8 Å². The summed E-state index contributed by atoms with van der Waals surface area (Å²) in [6.07, 6.45) is 0.773. The van der Waals surface area contributed by atoms with Crippen LogP contribution < -0.4 is 9.64 Å². The molecular formula is C29H24N2O4S. The lowest BCUT2D eigenvalue weighted by molar-refractivity contribution is -0.132. The molecule has 3 aromatic carbocycles. The van der Waals surface area contributed by atoms with Crippen LogP contribution in [0.1, 0.15) is 40.8 Å². The van der Waals surface area contributed by atoms with Crippen molar-refractivity contribution >= 4 is 44.1 Å². The van der Waals surface area contributed by atoms with Gasteiger partial charge in [0.2, 0.25) is 0 Å². The highest BCUT2D eigenvalue weighted by atomic mass is 32.1. The van der Waals surface area contributed by atoms with Gasteiger partial charge in [0.25, 0.3) is 5.78 Å². The number of nitrogens with zero attached hydrogens (tertiary/aromatic N) is 2. The molecule has 2 atom stereocenters. The number of benzene rings is 3. The molecular weight excluding hydrogens is 472 g/mol. The minimum atomic E-state index is -0.796. The Morgan fingerprint density at radius 1 is 1.03 bits per heavy atom. The first-order chi connectivity index (χ1) is 17.3. The molecule has 180 valence electrons. The summed E-state index contributed by atoms with van der Waals surface area (Å²) in [5.41, 5.74) is 5.15. The second-order valence-electron chi connectivity index (χ2n) is 9.50. The lowest BCUT2D eigenvalue weighted by atomic mass is 9.94. The zero-order chi connectivity index (χ0) is 25.1. The molecule has 36 heavy (non-hydrogen) atoms. The van der Waals surface area contributed by atoms with Gasteiger partial charge in [0.05, 0.1) is 21.8 Å². The average molecular weight is 497 g/mol. The third-order valence-corrected chi connectivity index (χ3v) is 7.76. The summed E-state index contributed by atoms with van der Waals surface area (Å²) in [6.45, 7) is 5.96. The van der Waals surface area contributed by atoms with E-state index in [0.717, 1.165) is 44.6 Å². The van der Waals surface area contributed by atoms with Crippen molar-refractivity contribution in [3.8, 4) is 5.75 Å². The number of thiazole rings is 1. The van der Waals surface area contributed by atoms with Gasteiger partial charge < -0.3 is 9.84 Å². The normalized spacial score (nSPS) is 20.7. The van der Waals surface area contributed by atoms with Gasteiger partial charge in [-0.2, -0.15) is 0 Å². The minimum absolute atomic E-state index is 0.0539. The fourth-order valence-electron chi connectivity index (χ4n) is 4.94. The van der Waals surface area contributed by atoms with Crippen molar-refractivity contribution in [2.45, 2.75) is 39.3 Å². The Bertz CT molecular complexity index is 1580. The number of ketones is 1. The number of carbonyl (C=O) groups is 2. The molecule has 1 saturated heterocycles. The predicted molar refractivity (Wildman–Crippen MR) is 141 cm³/mol. The van der Waals surface area contributed by atoms with Crippen molar-refractivity contribution < 1.29 is 19.4 Å². The van der Waals surface area contributed by atoms with Crippen LogP contribution in [0.2, 0.25) is 0 Å². The number of carbonyl (C=O) groups excluding carboxylic acids is 2. The first kappa shape index (κ1) is 22.5. The molecule has 0 radical (unpaired) electrons. The number of aromatic nitrogens is 1. The third-order valence-electron chi connectivity index (χ3n) is 6.75. The molecule has 0 spiro atoms. The van der Waals surface area contributed by atoms with Crippen LogP contribution in [-0.2, 0) is 16.0 Å². The Hall–Kier alpha value is -3.97. The molecule has 1 N–H and O–H groups in total. The van der Waals surface area contributed by atoms with Gasteiger partial charge in [-0.05, 0) is 67.8 Å². The van der Waals surface area contributed by atoms with Gasteiger partial charge in [-0.25, -0.2) is 4.98 Å². The van der Waals surface area contributed by atoms with Gasteiger partial charge >= 0.3 is 5.91 Å². The molecule has 0 unspecified atom stereocenters. The molecule has 1 fully saturated rings. The molecule has 0 aliphatic carbocycles. The second-order valence-corrected chi connectivity index (χ2v) is 10.5. The molecule has 6 nitrogen and oxygen atoms in total. The van der Waals surface area contributed by atoms with Gasteiger partial charge in [-0.1, -0.05) is 47.2 Å². The van der Waals surface area contributed by atoms with E-state index in [1.807, 2.05) is 69.3 Å². The molecule has 4 aromatic rings. The highest BCUT2D eigenvalue weighted by Crippen LogP contribution is 2.45. The fraction of sp³-hybridized carbons (Fsp3) is 0.207. The molecule has 3 heterocycles. The summed E-state index contributed by atoms with van der Waals surface area (Å²) in [5.74, 6) is -0.838. The number of aliphatic hydroxyl groups excluding tert-OH is 1. The lowest BCUT2D eigenvalue weighted by Crippen LogP contribution is -2.29. The summed E-state index contributed by atoms with van der Waals surface area (Å²) < 4.78 is 6.72. The van der Waals surface area contributed by atoms with E-state index < -0.39 is 17.7 Å². The fourth-order valence-corrected chi connectivity index (χ4v) is 6.03. The summed E-state index contributed by atoms with van der Waals surface area (Å²) in [6, 6.07) is 18.1. The van der Waals surface area contributed by atoms with Gasteiger partial charge in [0.15, 0.2) is 5.13 Å². The standard InChI is InChI=1S/C29H24N2O4S/c1-15-4-7-18(8-5-15)25-24(26(32)19-9-11-22-20(14-19)13-17(3)35-22)27(33)28(34)31(25)29-30-21-10-6-16(2)12-23(21)36-29/h4-12,14,17,25,32H,13H2,1-3H3/t17-,25-/m0/s1. The van der Waals surface area contributed by atoms with Crippen LogP contribution in [0.15, 0.2) is 66.2 Å². The van der Waals surface area contributed by atoms with Gasteiger partial charge in [-0.15, -0.1) is 0 Å². The highest BCUT2D eigenvalue weighted by molar-refractivity contribution is 7.22. The lowest BCUT2D eigenvalue weighted by Gasteiger charge is -2.23. The van der Waals surface area contributed by atoms with E-state index >= 15 is 0 Å². The largest absolute Gasteiger partial charge is 0.507 e. The molecule has 2 aliphatic heterocycles. The number of hydrogen-bond donors (Lipinski definition) is 1. The van der Waals surface area contributed by atoms with Crippen molar-refractivity contribution in [1.29, 1.82) is 0 Å². The van der Waals surface area contributed by atoms with Gasteiger partial charge in [-0.3, -0.25) is 14.5 Å². The molecule has 6 rings (SSSR count). The zero-order valence-electron chi connectivity index (χ0n) is 20.1.